The molecule has 0 aliphatic rings. The first-order valence-electron chi connectivity index (χ1n) is 6.02. The van der Waals surface area contributed by atoms with Gasteiger partial charge in [-0.05, 0) is 53.0 Å². The van der Waals surface area contributed by atoms with Gasteiger partial charge in [0.05, 0.1) is 6.42 Å². The van der Waals surface area contributed by atoms with Crippen LogP contribution in [-0.4, -0.2) is 10.9 Å². The Balaban J connectivity index is 2.03. The lowest BCUT2D eigenvalue weighted by atomic mass is 10.0. The predicted octanol–water partition coefficient (Wildman–Crippen LogP) is 3.64. The van der Waals surface area contributed by atoms with Crippen LogP contribution in [0.15, 0.2) is 41.0 Å². The summed E-state index contributed by atoms with van der Waals surface area (Å²) >= 11 is 3.31. The molecule has 0 fully saturated rings. The molecule has 0 saturated carbocycles. The van der Waals surface area contributed by atoms with Crippen molar-refractivity contribution in [3.05, 3.63) is 57.7 Å². The van der Waals surface area contributed by atoms with Crippen molar-refractivity contribution in [3.63, 3.8) is 0 Å². The standard InChI is InChI=1S/C15H15BrN2O/c1-10-3-4-12(11(2)7-10)8-15(19)18-14-6-5-13(16)9-17-14/h3-7,9H,8H2,1-2H3,(H,17,18,19). The van der Waals surface area contributed by atoms with Gasteiger partial charge in [-0.15, -0.1) is 0 Å². The molecule has 0 radical (unpaired) electrons. The third-order valence-electron chi connectivity index (χ3n) is 2.84. The van der Waals surface area contributed by atoms with Gasteiger partial charge in [-0.3, -0.25) is 4.79 Å². The van der Waals surface area contributed by atoms with Crippen LogP contribution in [0, 0.1) is 13.8 Å². The number of rotatable bonds is 3. The summed E-state index contributed by atoms with van der Waals surface area (Å²) in [6, 6.07) is 9.72. The zero-order valence-corrected chi connectivity index (χ0v) is 12.5. The number of amides is 1. The second kappa shape index (κ2) is 5.97. The molecule has 1 aromatic carbocycles. The molecule has 0 unspecified atom stereocenters. The molecular weight excluding hydrogens is 304 g/mol. The van der Waals surface area contributed by atoms with Gasteiger partial charge < -0.3 is 5.32 Å². The van der Waals surface area contributed by atoms with Crippen LogP contribution in [0.2, 0.25) is 0 Å². The highest BCUT2D eigenvalue weighted by Gasteiger charge is 2.07. The summed E-state index contributed by atoms with van der Waals surface area (Å²) in [4.78, 5) is 16.1. The molecule has 0 aliphatic carbocycles. The maximum Gasteiger partial charge on any atom is 0.229 e. The highest BCUT2D eigenvalue weighted by atomic mass is 79.9. The fourth-order valence-corrected chi connectivity index (χ4v) is 2.09. The Morgan fingerprint density at radius 3 is 2.68 bits per heavy atom. The van der Waals surface area contributed by atoms with E-state index in [0.717, 1.165) is 15.6 Å². The molecule has 1 N–H and O–H groups in total. The van der Waals surface area contributed by atoms with E-state index < -0.39 is 0 Å². The second-order valence-electron chi connectivity index (χ2n) is 4.52. The molecule has 2 aromatic rings. The Bertz CT molecular complexity index is 594. The van der Waals surface area contributed by atoms with E-state index in [1.54, 1.807) is 12.3 Å². The van der Waals surface area contributed by atoms with E-state index in [1.165, 1.54) is 5.56 Å². The summed E-state index contributed by atoms with van der Waals surface area (Å²) in [6.45, 7) is 4.07. The molecule has 0 saturated heterocycles. The minimum Gasteiger partial charge on any atom is -0.310 e. The molecule has 1 amide bonds. The van der Waals surface area contributed by atoms with E-state index in [2.05, 4.69) is 32.3 Å². The first-order valence-corrected chi connectivity index (χ1v) is 6.81. The Kier molecular flexibility index (Phi) is 4.32. The van der Waals surface area contributed by atoms with E-state index in [1.807, 2.05) is 32.0 Å². The summed E-state index contributed by atoms with van der Waals surface area (Å²) in [5.74, 6) is 0.514. The van der Waals surface area contributed by atoms with Crippen molar-refractivity contribution in [2.24, 2.45) is 0 Å². The lowest BCUT2D eigenvalue weighted by molar-refractivity contribution is -0.115. The smallest absolute Gasteiger partial charge is 0.229 e. The number of carbonyl (C=O) groups excluding carboxylic acids is 1. The molecule has 19 heavy (non-hydrogen) atoms. The van der Waals surface area contributed by atoms with Crippen LogP contribution in [0.5, 0.6) is 0 Å². The van der Waals surface area contributed by atoms with Crippen LogP contribution in [0.4, 0.5) is 5.82 Å². The number of hydrogen-bond acceptors (Lipinski definition) is 2. The zero-order chi connectivity index (χ0) is 13.8. The molecule has 4 heteroatoms. The SMILES string of the molecule is Cc1ccc(CC(=O)Nc2ccc(Br)cn2)c(C)c1. The van der Waals surface area contributed by atoms with Crippen LogP contribution < -0.4 is 5.32 Å². The van der Waals surface area contributed by atoms with E-state index in [-0.39, 0.29) is 5.91 Å². The Morgan fingerprint density at radius 2 is 2.05 bits per heavy atom. The van der Waals surface area contributed by atoms with Crippen molar-refractivity contribution in [2.75, 3.05) is 5.32 Å². The van der Waals surface area contributed by atoms with Gasteiger partial charge in [-0.1, -0.05) is 23.8 Å². The van der Waals surface area contributed by atoms with Gasteiger partial charge in [0.15, 0.2) is 0 Å². The summed E-state index contributed by atoms with van der Waals surface area (Å²) in [7, 11) is 0. The Morgan fingerprint density at radius 1 is 1.26 bits per heavy atom. The molecule has 1 aromatic heterocycles. The number of benzene rings is 1. The molecule has 0 aliphatic heterocycles. The number of halogens is 1. The third-order valence-corrected chi connectivity index (χ3v) is 3.31. The minimum atomic E-state index is -0.0539. The van der Waals surface area contributed by atoms with Crippen molar-refractivity contribution < 1.29 is 4.79 Å². The first kappa shape index (κ1) is 13.7. The number of carbonyl (C=O) groups is 1. The largest absolute Gasteiger partial charge is 0.310 e. The number of aromatic nitrogens is 1. The van der Waals surface area contributed by atoms with Crippen molar-refractivity contribution >= 4 is 27.7 Å². The fraction of sp³-hybridized carbons (Fsp3) is 0.200. The van der Waals surface area contributed by atoms with Crippen molar-refractivity contribution in [2.45, 2.75) is 20.3 Å². The number of hydrogen-bond donors (Lipinski definition) is 1. The quantitative estimate of drug-likeness (QED) is 0.938. The highest BCUT2D eigenvalue weighted by molar-refractivity contribution is 9.10. The van der Waals surface area contributed by atoms with Gasteiger partial charge in [0.1, 0.15) is 5.82 Å². The molecule has 98 valence electrons. The predicted molar refractivity (Wildman–Crippen MR) is 80.2 cm³/mol. The monoisotopic (exact) mass is 318 g/mol. The Hall–Kier alpha value is -1.68. The van der Waals surface area contributed by atoms with Gasteiger partial charge in [-0.25, -0.2) is 4.98 Å². The zero-order valence-electron chi connectivity index (χ0n) is 10.9. The molecular formula is C15H15BrN2O. The normalized spacial score (nSPS) is 10.3. The lowest BCUT2D eigenvalue weighted by Crippen LogP contribution is -2.15. The van der Waals surface area contributed by atoms with Gasteiger partial charge >= 0.3 is 0 Å². The van der Waals surface area contributed by atoms with Gasteiger partial charge in [0.25, 0.3) is 0 Å². The van der Waals surface area contributed by atoms with Gasteiger partial charge in [0, 0.05) is 10.7 Å². The molecule has 0 atom stereocenters. The topological polar surface area (TPSA) is 42.0 Å². The number of nitrogens with one attached hydrogen (secondary N) is 1. The minimum absolute atomic E-state index is 0.0539. The summed E-state index contributed by atoms with van der Waals surface area (Å²) in [6.07, 6.45) is 2.02. The van der Waals surface area contributed by atoms with Crippen molar-refractivity contribution in [1.82, 2.24) is 4.98 Å². The molecule has 2 rings (SSSR count). The van der Waals surface area contributed by atoms with Crippen molar-refractivity contribution in [1.29, 1.82) is 0 Å². The van der Waals surface area contributed by atoms with E-state index in [4.69, 9.17) is 0 Å². The van der Waals surface area contributed by atoms with Crippen molar-refractivity contribution in [3.8, 4) is 0 Å². The van der Waals surface area contributed by atoms with Gasteiger partial charge in [-0.2, -0.15) is 0 Å². The van der Waals surface area contributed by atoms with Crippen LogP contribution in [0.25, 0.3) is 0 Å². The van der Waals surface area contributed by atoms with Crippen LogP contribution in [-0.2, 0) is 11.2 Å². The number of nitrogens with zero attached hydrogens (tertiary/aromatic N) is 1. The third kappa shape index (κ3) is 3.89. The Labute approximate surface area is 121 Å². The number of anilines is 1. The van der Waals surface area contributed by atoms with Crippen LogP contribution >= 0.6 is 15.9 Å². The average Bonchev–Trinajstić information content (AvgIpc) is 2.36. The van der Waals surface area contributed by atoms with E-state index >= 15 is 0 Å². The number of aryl methyl sites for hydroxylation is 2. The summed E-state index contributed by atoms with van der Waals surface area (Å²) < 4.78 is 0.889. The summed E-state index contributed by atoms with van der Waals surface area (Å²) in [5, 5.41) is 2.79. The first-order chi connectivity index (χ1) is 9.04. The summed E-state index contributed by atoms with van der Waals surface area (Å²) in [5.41, 5.74) is 3.38. The van der Waals surface area contributed by atoms with Crippen LogP contribution in [0.3, 0.4) is 0 Å². The maximum atomic E-state index is 11.9. The van der Waals surface area contributed by atoms with Gasteiger partial charge in [0.2, 0.25) is 5.91 Å². The van der Waals surface area contributed by atoms with Crippen LogP contribution in [0.1, 0.15) is 16.7 Å². The average molecular weight is 319 g/mol. The maximum absolute atomic E-state index is 11.9. The second-order valence-corrected chi connectivity index (χ2v) is 5.43. The van der Waals surface area contributed by atoms with E-state index in [9.17, 15) is 4.79 Å². The molecule has 3 nitrogen and oxygen atoms in total. The fourth-order valence-electron chi connectivity index (χ4n) is 1.85. The highest BCUT2D eigenvalue weighted by Crippen LogP contribution is 2.13. The molecule has 1 heterocycles. The molecule has 0 bridgehead atoms. The number of pyridine rings is 1. The lowest BCUT2D eigenvalue weighted by Gasteiger charge is -2.07. The molecule has 0 spiro atoms. The van der Waals surface area contributed by atoms with E-state index in [0.29, 0.717) is 12.2 Å².